The van der Waals surface area contributed by atoms with Crippen LogP contribution in [-0.2, 0) is 11.4 Å². The summed E-state index contributed by atoms with van der Waals surface area (Å²) in [4.78, 5) is 12.4. The van der Waals surface area contributed by atoms with E-state index in [0.717, 1.165) is 23.1 Å². The van der Waals surface area contributed by atoms with Crippen LogP contribution in [-0.4, -0.2) is 21.4 Å². The van der Waals surface area contributed by atoms with Crippen LogP contribution in [0.2, 0.25) is 10.0 Å². The van der Waals surface area contributed by atoms with E-state index < -0.39 is 5.25 Å². The van der Waals surface area contributed by atoms with Gasteiger partial charge in [-0.25, -0.2) is 0 Å². The van der Waals surface area contributed by atoms with Gasteiger partial charge in [-0.15, -0.1) is 10.2 Å². The Morgan fingerprint density at radius 2 is 2.07 bits per heavy atom. The Kier molecular flexibility index (Phi) is 6.83. The lowest BCUT2D eigenvalue weighted by molar-refractivity contribution is -0.115. The second-order valence-corrected chi connectivity index (χ2v) is 8.08. The summed E-state index contributed by atoms with van der Waals surface area (Å²) in [5.41, 5.74) is 1.58. The fraction of sp³-hybridized carbons (Fsp3) is 0.211. The van der Waals surface area contributed by atoms with Crippen molar-refractivity contribution in [2.24, 2.45) is 0 Å². The van der Waals surface area contributed by atoms with Gasteiger partial charge in [-0.3, -0.25) is 4.79 Å². The van der Waals surface area contributed by atoms with Gasteiger partial charge in [0.05, 0.1) is 16.0 Å². The summed E-state index contributed by atoms with van der Waals surface area (Å²) in [7, 11) is 0. The van der Waals surface area contributed by atoms with Crippen molar-refractivity contribution < 1.29 is 13.9 Å². The number of aromatic nitrogens is 2. The van der Waals surface area contributed by atoms with E-state index in [-0.39, 0.29) is 17.7 Å². The van der Waals surface area contributed by atoms with E-state index in [9.17, 15) is 4.79 Å². The van der Waals surface area contributed by atoms with Gasteiger partial charge in [0.15, 0.2) is 6.61 Å². The Hall–Kier alpha value is -2.22. The van der Waals surface area contributed by atoms with Crippen molar-refractivity contribution in [1.29, 1.82) is 0 Å². The Bertz CT molecular complexity index is 981. The highest BCUT2D eigenvalue weighted by molar-refractivity contribution is 8.00. The van der Waals surface area contributed by atoms with Crippen molar-refractivity contribution in [3.05, 3.63) is 64.0 Å². The molecule has 0 aliphatic rings. The number of carbonyl (C=O) groups excluding carboxylic acids is 1. The number of thioether (sulfide) groups is 1. The summed E-state index contributed by atoms with van der Waals surface area (Å²) in [5, 5.41) is 11.3. The van der Waals surface area contributed by atoms with Crippen LogP contribution in [0.15, 0.2) is 52.1 Å². The average Bonchev–Trinajstić information content (AvgIpc) is 3.09. The molecule has 1 heterocycles. The molecular weight excluding hydrogens is 421 g/mol. The molecule has 1 unspecified atom stereocenters. The van der Waals surface area contributed by atoms with Crippen LogP contribution >= 0.6 is 35.0 Å². The molecule has 3 aromatic rings. The van der Waals surface area contributed by atoms with E-state index in [4.69, 9.17) is 32.4 Å². The van der Waals surface area contributed by atoms with Crippen molar-refractivity contribution in [2.45, 2.75) is 30.9 Å². The Morgan fingerprint density at radius 1 is 1.25 bits per heavy atom. The number of nitrogens with zero attached hydrogens (tertiary/aromatic N) is 2. The zero-order valence-electron chi connectivity index (χ0n) is 15.1. The number of ether oxygens (including phenoxy) is 1. The predicted octanol–water partition coefficient (Wildman–Crippen LogP) is 5.38. The first-order valence-electron chi connectivity index (χ1n) is 8.35. The zero-order valence-corrected chi connectivity index (χ0v) is 17.4. The molecule has 0 saturated carbocycles. The van der Waals surface area contributed by atoms with Crippen LogP contribution in [0.5, 0.6) is 5.75 Å². The molecule has 0 bridgehead atoms. The third-order valence-corrected chi connectivity index (χ3v) is 5.12. The van der Waals surface area contributed by atoms with Crippen LogP contribution in [0.1, 0.15) is 18.4 Å². The average molecular weight is 438 g/mol. The van der Waals surface area contributed by atoms with Crippen molar-refractivity contribution in [1.82, 2.24) is 10.2 Å². The molecule has 1 aromatic heterocycles. The first kappa shape index (κ1) is 20.5. The molecule has 0 aliphatic carbocycles. The molecule has 0 aliphatic heterocycles. The minimum Gasteiger partial charge on any atom is -0.484 e. The highest BCUT2D eigenvalue weighted by Crippen LogP contribution is 2.28. The summed E-state index contributed by atoms with van der Waals surface area (Å²) in [5.74, 6) is 0.808. The molecule has 1 N–H and O–H groups in total. The number of nitrogens with one attached hydrogen (secondary N) is 1. The topological polar surface area (TPSA) is 77.2 Å². The van der Waals surface area contributed by atoms with E-state index >= 15 is 0 Å². The maximum Gasteiger partial charge on any atom is 0.277 e. The van der Waals surface area contributed by atoms with Crippen LogP contribution < -0.4 is 10.1 Å². The highest BCUT2D eigenvalue weighted by Gasteiger charge is 2.19. The molecule has 146 valence electrons. The van der Waals surface area contributed by atoms with Crippen molar-refractivity contribution in [3.63, 3.8) is 0 Å². The second-order valence-electron chi connectivity index (χ2n) is 5.94. The minimum absolute atomic E-state index is 0.151. The number of aryl methyl sites for hydroxylation is 1. The molecule has 0 radical (unpaired) electrons. The summed E-state index contributed by atoms with van der Waals surface area (Å²) < 4.78 is 11.2. The van der Waals surface area contributed by atoms with E-state index in [2.05, 4.69) is 15.5 Å². The lowest BCUT2D eigenvalue weighted by Crippen LogP contribution is -2.22. The van der Waals surface area contributed by atoms with Gasteiger partial charge in [-0.1, -0.05) is 47.1 Å². The summed E-state index contributed by atoms with van der Waals surface area (Å²) in [6.45, 7) is 3.87. The molecule has 0 spiro atoms. The normalized spacial score (nSPS) is 11.9. The van der Waals surface area contributed by atoms with E-state index in [1.807, 2.05) is 31.2 Å². The van der Waals surface area contributed by atoms with Gasteiger partial charge in [0, 0.05) is 5.02 Å². The molecular formula is C19H17Cl2N3O3S. The first-order valence-corrected chi connectivity index (χ1v) is 9.98. The molecule has 9 heteroatoms. The van der Waals surface area contributed by atoms with Gasteiger partial charge in [0.1, 0.15) is 5.75 Å². The number of amides is 1. The number of carbonyl (C=O) groups is 1. The third-order valence-electron chi connectivity index (χ3n) is 3.64. The number of hydrogen-bond acceptors (Lipinski definition) is 6. The maximum absolute atomic E-state index is 12.4. The van der Waals surface area contributed by atoms with Gasteiger partial charge in [0.25, 0.3) is 11.1 Å². The molecule has 1 atom stereocenters. The Morgan fingerprint density at radius 3 is 2.82 bits per heavy atom. The molecule has 0 saturated heterocycles. The molecule has 3 rings (SSSR count). The predicted molar refractivity (Wildman–Crippen MR) is 110 cm³/mol. The van der Waals surface area contributed by atoms with Crippen LogP contribution in [0, 0.1) is 6.92 Å². The summed E-state index contributed by atoms with van der Waals surface area (Å²) in [6, 6.07) is 12.5. The van der Waals surface area contributed by atoms with Gasteiger partial charge in [0.2, 0.25) is 5.91 Å². The lowest BCUT2D eigenvalue weighted by Gasteiger charge is -2.11. The van der Waals surface area contributed by atoms with Crippen LogP contribution in [0.4, 0.5) is 5.69 Å². The molecule has 28 heavy (non-hydrogen) atoms. The van der Waals surface area contributed by atoms with Crippen molar-refractivity contribution in [2.75, 3.05) is 5.32 Å². The van der Waals surface area contributed by atoms with Gasteiger partial charge < -0.3 is 14.5 Å². The zero-order chi connectivity index (χ0) is 20.1. The van der Waals surface area contributed by atoms with Gasteiger partial charge in [-0.2, -0.15) is 0 Å². The SMILES string of the molecule is Cc1cccc(OCc2nnc(SC(C)C(=O)Nc3ccc(Cl)cc3Cl)o2)c1. The third kappa shape index (κ3) is 5.64. The quantitative estimate of drug-likeness (QED) is 0.499. The van der Waals surface area contributed by atoms with Gasteiger partial charge >= 0.3 is 0 Å². The highest BCUT2D eigenvalue weighted by atomic mass is 35.5. The van der Waals surface area contributed by atoms with Crippen molar-refractivity contribution >= 4 is 46.6 Å². The lowest BCUT2D eigenvalue weighted by atomic mass is 10.2. The van der Waals surface area contributed by atoms with Crippen LogP contribution in [0.3, 0.4) is 0 Å². The van der Waals surface area contributed by atoms with Crippen molar-refractivity contribution in [3.8, 4) is 5.75 Å². The molecule has 2 aromatic carbocycles. The monoisotopic (exact) mass is 437 g/mol. The van der Waals surface area contributed by atoms with E-state index in [1.54, 1.807) is 25.1 Å². The standard InChI is InChI=1S/C19H17Cl2N3O3S/c1-11-4-3-5-14(8-11)26-10-17-23-24-19(27-17)28-12(2)18(25)22-16-7-6-13(20)9-15(16)21/h3-9,12H,10H2,1-2H3,(H,22,25). The fourth-order valence-electron chi connectivity index (χ4n) is 2.22. The Labute approximate surface area is 176 Å². The maximum atomic E-state index is 12.4. The minimum atomic E-state index is -0.474. The first-order chi connectivity index (χ1) is 13.4. The molecule has 1 amide bonds. The molecule has 0 fully saturated rings. The number of anilines is 1. The Balaban J connectivity index is 1.54. The number of hydrogen-bond donors (Lipinski definition) is 1. The fourth-order valence-corrected chi connectivity index (χ4v) is 3.38. The number of halogens is 2. The van der Waals surface area contributed by atoms with E-state index in [0.29, 0.717) is 21.6 Å². The smallest absolute Gasteiger partial charge is 0.277 e. The summed E-state index contributed by atoms with van der Waals surface area (Å²) in [6.07, 6.45) is 0. The van der Waals surface area contributed by atoms with Gasteiger partial charge in [-0.05, 0) is 49.7 Å². The number of benzene rings is 2. The van der Waals surface area contributed by atoms with E-state index in [1.165, 1.54) is 0 Å². The van der Waals surface area contributed by atoms with Crippen LogP contribution in [0.25, 0.3) is 0 Å². The molecule has 6 nitrogen and oxygen atoms in total. The summed E-state index contributed by atoms with van der Waals surface area (Å²) >= 11 is 13.1. The second kappa shape index (κ2) is 9.32. The number of rotatable bonds is 7. The largest absolute Gasteiger partial charge is 0.484 e.